The van der Waals surface area contributed by atoms with Crippen molar-refractivity contribution in [2.75, 3.05) is 5.73 Å². The number of nitrogens with zero attached hydrogens (tertiary/aromatic N) is 2. The fourth-order valence-corrected chi connectivity index (χ4v) is 2.46. The third-order valence-electron chi connectivity index (χ3n) is 2.40. The summed E-state index contributed by atoms with van der Waals surface area (Å²) in [6.45, 7) is 4.10. The van der Waals surface area contributed by atoms with Gasteiger partial charge in [0.2, 0.25) is 5.95 Å². The van der Waals surface area contributed by atoms with Crippen LogP contribution >= 0.6 is 11.8 Å². The average molecular weight is 245 g/mol. The molecule has 0 unspecified atom stereocenters. The van der Waals surface area contributed by atoms with Crippen molar-refractivity contribution in [1.29, 1.82) is 0 Å². The SMILES string of the molecule is Cc1cccc(CSc2nc(N)ncc2C)c1. The molecule has 1 aromatic carbocycles. The topological polar surface area (TPSA) is 51.8 Å². The number of benzene rings is 1. The molecule has 2 N–H and O–H groups in total. The van der Waals surface area contributed by atoms with Gasteiger partial charge in [-0.1, -0.05) is 29.8 Å². The zero-order chi connectivity index (χ0) is 12.3. The zero-order valence-electron chi connectivity index (χ0n) is 9.97. The molecule has 88 valence electrons. The van der Waals surface area contributed by atoms with Gasteiger partial charge >= 0.3 is 0 Å². The lowest BCUT2D eigenvalue weighted by Crippen LogP contribution is -1.97. The average Bonchev–Trinajstić information content (AvgIpc) is 2.30. The molecule has 0 saturated carbocycles. The number of hydrogen-bond acceptors (Lipinski definition) is 4. The zero-order valence-corrected chi connectivity index (χ0v) is 10.8. The standard InChI is InChI=1S/C13H15N3S/c1-9-4-3-5-11(6-9)8-17-12-10(2)7-15-13(14)16-12/h3-7H,8H2,1-2H3,(H2,14,15,16). The summed E-state index contributed by atoms with van der Waals surface area (Å²) in [5, 5.41) is 0.957. The van der Waals surface area contributed by atoms with E-state index in [1.165, 1.54) is 11.1 Å². The lowest BCUT2D eigenvalue weighted by atomic mass is 10.2. The highest BCUT2D eigenvalue weighted by Crippen LogP contribution is 2.24. The van der Waals surface area contributed by atoms with Crippen molar-refractivity contribution in [1.82, 2.24) is 9.97 Å². The molecule has 0 fully saturated rings. The van der Waals surface area contributed by atoms with E-state index < -0.39 is 0 Å². The van der Waals surface area contributed by atoms with Crippen LogP contribution in [0.2, 0.25) is 0 Å². The number of rotatable bonds is 3. The van der Waals surface area contributed by atoms with Gasteiger partial charge in [0.1, 0.15) is 5.03 Å². The number of anilines is 1. The van der Waals surface area contributed by atoms with E-state index in [-0.39, 0.29) is 0 Å². The Kier molecular flexibility index (Phi) is 3.64. The maximum atomic E-state index is 5.59. The van der Waals surface area contributed by atoms with Crippen LogP contribution in [-0.2, 0) is 5.75 Å². The van der Waals surface area contributed by atoms with Crippen molar-refractivity contribution in [3.63, 3.8) is 0 Å². The minimum absolute atomic E-state index is 0.336. The first-order valence-electron chi connectivity index (χ1n) is 5.42. The molecule has 0 radical (unpaired) electrons. The van der Waals surface area contributed by atoms with Gasteiger partial charge in [0.25, 0.3) is 0 Å². The van der Waals surface area contributed by atoms with Crippen molar-refractivity contribution in [2.24, 2.45) is 0 Å². The molecule has 0 aliphatic carbocycles. The van der Waals surface area contributed by atoms with E-state index in [0.29, 0.717) is 5.95 Å². The second kappa shape index (κ2) is 5.19. The minimum atomic E-state index is 0.336. The van der Waals surface area contributed by atoms with E-state index >= 15 is 0 Å². The molecular weight excluding hydrogens is 230 g/mol. The van der Waals surface area contributed by atoms with E-state index in [1.54, 1.807) is 18.0 Å². The van der Waals surface area contributed by atoms with Gasteiger partial charge in [-0.3, -0.25) is 0 Å². The Morgan fingerprint density at radius 3 is 2.88 bits per heavy atom. The summed E-state index contributed by atoms with van der Waals surface area (Å²) < 4.78 is 0. The summed E-state index contributed by atoms with van der Waals surface area (Å²) in [6, 6.07) is 8.49. The Balaban J connectivity index is 2.09. The van der Waals surface area contributed by atoms with Gasteiger partial charge in [0.15, 0.2) is 0 Å². The summed E-state index contributed by atoms with van der Waals surface area (Å²) >= 11 is 1.69. The smallest absolute Gasteiger partial charge is 0.221 e. The number of thioether (sulfide) groups is 1. The molecule has 0 bridgehead atoms. The van der Waals surface area contributed by atoms with Crippen LogP contribution in [0.3, 0.4) is 0 Å². The molecule has 0 aliphatic heterocycles. The quantitative estimate of drug-likeness (QED) is 0.667. The number of aromatic nitrogens is 2. The van der Waals surface area contributed by atoms with Crippen LogP contribution < -0.4 is 5.73 Å². The van der Waals surface area contributed by atoms with E-state index in [2.05, 4.69) is 41.2 Å². The van der Waals surface area contributed by atoms with E-state index in [4.69, 9.17) is 5.73 Å². The Bertz CT molecular complexity index is 526. The lowest BCUT2D eigenvalue weighted by Gasteiger charge is -2.05. The summed E-state index contributed by atoms with van der Waals surface area (Å²) in [4.78, 5) is 8.20. The Labute approximate surface area is 105 Å². The molecule has 1 heterocycles. The van der Waals surface area contributed by atoms with Crippen LogP contribution in [0.1, 0.15) is 16.7 Å². The molecule has 0 saturated heterocycles. The lowest BCUT2D eigenvalue weighted by molar-refractivity contribution is 1.02. The maximum Gasteiger partial charge on any atom is 0.221 e. The van der Waals surface area contributed by atoms with Gasteiger partial charge < -0.3 is 5.73 Å². The highest BCUT2D eigenvalue weighted by molar-refractivity contribution is 7.98. The second-order valence-electron chi connectivity index (χ2n) is 3.99. The maximum absolute atomic E-state index is 5.59. The summed E-state index contributed by atoms with van der Waals surface area (Å²) in [6.07, 6.45) is 1.76. The van der Waals surface area contributed by atoms with Crippen LogP contribution in [-0.4, -0.2) is 9.97 Å². The van der Waals surface area contributed by atoms with Crippen LogP contribution in [0.4, 0.5) is 5.95 Å². The van der Waals surface area contributed by atoms with Crippen molar-refractivity contribution in [2.45, 2.75) is 24.6 Å². The highest BCUT2D eigenvalue weighted by atomic mass is 32.2. The molecule has 1 aromatic heterocycles. The Morgan fingerprint density at radius 2 is 2.12 bits per heavy atom. The van der Waals surface area contributed by atoms with Crippen molar-refractivity contribution >= 4 is 17.7 Å². The fraction of sp³-hybridized carbons (Fsp3) is 0.231. The molecule has 0 aliphatic rings. The van der Waals surface area contributed by atoms with Crippen molar-refractivity contribution in [3.8, 4) is 0 Å². The van der Waals surface area contributed by atoms with Crippen LogP contribution in [0.5, 0.6) is 0 Å². The van der Waals surface area contributed by atoms with Crippen molar-refractivity contribution in [3.05, 3.63) is 47.2 Å². The number of nitrogens with two attached hydrogens (primary N) is 1. The summed E-state index contributed by atoms with van der Waals surface area (Å²) in [5.74, 6) is 1.24. The molecule has 3 nitrogen and oxygen atoms in total. The summed E-state index contributed by atoms with van der Waals surface area (Å²) in [5.41, 5.74) is 9.23. The second-order valence-corrected chi connectivity index (χ2v) is 4.96. The van der Waals surface area contributed by atoms with Gasteiger partial charge in [-0.25, -0.2) is 9.97 Å². The molecule has 0 amide bonds. The van der Waals surface area contributed by atoms with E-state index in [1.807, 2.05) is 6.92 Å². The van der Waals surface area contributed by atoms with Crippen LogP contribution in [0.15, 0.2) is 35.5 Å². The molecule has 17 heavy (non-hydrogen) atoms. The molecule has 4 heteroatoms. The largest absolute Gasteiger partial charge is 0.368 e. The first-order valence-corrected chi connectivity index (χ1v) is 6.41. The minimum Gasteiger partial charge on any atom is -0.368 e. The molecule has 2 aromatic rings. The van der Waals surface area contributed by atoms with Gasteiger partial charge in [0.05, 0.1) is 0 Å². The number of hydrogen-bond donors (Lipinski definition) is 1. The van der Waals surface area contributed by atoms with Gasteiger partial charge in [0, 0.05) is 11.9 Å². The first-order chi connectivity index (χ1) is 8.15. The molecule has 0 atom stereocenters. The number of nitrogen functional groups attached to an aromatic ring is 1. The third kappa shape index (κ3) is 3.20. The first kappa shape index (κ1) is 11.9. The molecule has 2 rings (SSSR count). The van der Waals surface area contributed by atoms with Gasteiger partial charge in [-0.15, -0.1) is 11.8 Å². The van der Waals surface area contributed by atoms with Crippen molar-refractivity contribution < 1.29 is 0 Å². The normalized spacial score (nSPS) is 10.5. The Morgan fingerprint density at radius 1 is 1.29 bits per heavy atom. The predicted molar refractivity (Wildman–Crippen MR) is 71.9 cm³/mol. The third-order valence-corrected chi connectivity index (χ3v) is 3.57. The van der Waals surface area contributed by atoms with E-state index in [9.17, 15) is 0 Å². The van der Waals surface area contributed by atoms with Gasteiger partial charge in [-0.2, -0.15) is 0 Å². The fourth-order valence-electron chi connectivity index (χ4n) is 1.54. The highest BCUT2D eigenvalue weighted by Gasteiger charge is 2.03. The number of aryl methyl sites for hydroxylation is 2. The predicted octanol–water partition coefficient (Wildman–Crippen LogP) is 2.97. The van der Waals surface area contributed by atoms with E-state index in [0.717, 1.165) is 16.3 Å². The van der Waals surface area contributed by atoms with Gasteiger partial charge in [-0.05, 0) is 25.0 Å². The Hall–Kier alpha value is -1.55. The van der Waals surface area contributed by atoms with Crippen LogP contribution in [0, 0.1) is 13.8 Å². The molecule has 0 spiro atoms. The van der Waals surface area contributed by atoms with Crippen LogP contribution in [0.25, 0.3) is 0 Å². The monoisotopic (exact) mass is 245 g/mol. The summed E-state index contributed by atoms with van der Waals surface area (Å²) in [7, 11) is 0. The molecular formula is C13H15N3S.